The predicted octanol–water partition coefficient (Wildman–Crippen LogP) is 1.14. The van der Waals surface area contributed by atoms with E-state index < -0.39 is 11.9 Å². The van der Waals surface area contributed by atoms with E-state index >= 15 is 0 Å². The van der Waals surface area contributed by atoms with E-state index in [1.807, 2.05) is 6.07 Å². The highest BCUT2D eigenvalue weighted by atomic mass is 35.5. The first kappa shape index (κ1) is 16.5. The third-order valence-electron chi connectivity index (χ3n) is 4.58. The molecule has 2 aromatic rings. The van der Waals surface area contributed by atoms with Crippen LogP contribution in [0.25, 0.3) is 11.3 Å². The smallest absolute Gasteiger partial charge is 0.255 e. The third-order valence-corrected chi connectivity index (χ3v) is 4.85. The maximum Gasteiger partial charge on any atom is 0.255 e. The molecule has 0 radical (unpaired) electrons. The Labute approximate surface area is 153 Å². The summed E-state index contributed by atoms with van der Waals surface area (Å²) in [6.07, 6.45) is 2.06. The monoisotopic (exact) mass is 371 g/mol. The molecule has 8 nitrogen and oxygen atoms in total. The summed E-state index contributed by atoms with van der Waals surface area (Å²) < 4.78 is 0. The largest absolute Gasteiger partial charge is 0.381 e. The third kappa shape index (κ3) is 2.68. The van der Waals surface area contributed by atoms with Crippen LogP contribution in [0.5, 0.6) is 0 Å². The van der Waals surface area contributed by atoms with Crippen LogP contribution in [0.1, 0.15) is 28.8 Å². The van der Waals surface area contributed by atoms with Gasteiger partial charge in [0.2, 0.25) is 11.8 Å². The van der Waals surface area contributed by atoms with E-state index in [2.05, 4.69) is 15.3 Å². The number of rotatable bonds is 2. The molecule has 1 fully saturated rings. The first-order chi connectivity index (χ1) is 12.4. The van der Waals surface area contributed by atoms with Crippen molar-refractivity contribution in [1.82, 2.24) is 20.2 Å². The van der Waals surface area contributed by atoms with Gasteiger partial charge in [0, 0.05) is 24.1 Å². The molecule has 1 aromatic carbocycles. The Morgan fingerprint density at radius 2 is 2.08 bits per heavy atom. The predicted molar refractivity (Wildman–Crippen MR) is 92.9 cm³/mol. The van der Waals surface area contributed by atoms with Gasteiger partial charge < -0.3 is 10.6 Å². The Bertz CT molecular complexity index is 961. The van der Waals surface area contributed by atoms with Crippen molar-refractivity contribution in [1.29, 1.82) is 0 Å². The summed E-state index contributed by atoms with van der Waals surface area (Å²) in [4.78, 5) is 45.7. The average molecular weight is 372 g/mol. The molecule has 0 bridgehead atoms. The molecule has 2 aliphatic rings. The van der Waals surface area contributed by atoms with E-state index in [9.17, 15) is 14.4 Å². The number of hydrogen-bond donors (Lipinski definition) is 2. The molecule has 0 aliphatic carbocycles. The van der Waals surface area contributed by atoms with Crippen LogP contribution in [-0.4, -0.2) is 38.6 Å². The van der Waals surface area contributed by atoms with Crippen LogP contribution in [0.2, 0.25) is 5.15 Å². The van der Waals surface area contributed by atoms with Gasteiger partial charge in [-0.3, -0.25) is 19.7 Å². The van der Waals surface area contributed by atoms with Gasteiger partial charge in [-0.05, 0) is 24.1 Å². The summed E-state index contributed by atoms with van der Waals surface area (Å²) in [5.41, 5.74) is 8.19. The van der Waals surface area contributed by atoms with Gasteiger partial charge in [0.25, 0.3) is 5.91 Å². The van der Waals surface area contributed by atoms with Crippen molar-refractivity contribution in [2.75, 3.05) is 5.73 Å². The Kier molecular flexibility index (Phi) is 3.84. The number of nitrogen functional groups attached to an aromatic ring is 1. The standard InChI is InChI=1S/C17H14ClN5O3/c18-14-15(19)20-6-11(21-14)8-1-2-10-9(5-8)7-23(17(10)26)12-3-4-13(24)22-16(12)25/h1-2,5-6,12H,3-4,7H2,(H2,19,20)(H,22,24,25). The van der Waals surface area contributed by atoms with Gasteiger partial charge in [-0.25, -0.2) is 9.97 Å². The van der Waals surface area contributed by atoms with Crippen molar-refractivity contribution in [2.24, 2.45) is 0 Å². The van der Waals surface area contributed by atoms with Gasteiger partial charge in [0.1, 0.15) is 6.04 Å². The number of aromatic nitrogens is 2. The fourth-order valence-electron chi connectivity index (χ4n) is 3.25. The minimum Gasteiger partial charge on any atom is -0.381 e. The van der Waals surface area contributed by atoms with Crippen LogP contribution in [0.4, 0.5) is 5.82 Å². The van der Waals surface area contributed by atoms with Gasteiger partial charge in [-0.1, -0.05) is 17.7 Å². The summed E-state index contributed by atoms with van der Waals surface area (Å²) in [7, 11) is 0. The Morgan fingerprint density at radius 3 is 2.81 bits per heavy atom. The SMILES string of the molecule is Nc1ncc(-c2ccc3c(c2)CN(C2CCC(=O)NC2=O)C3=O)nc1Cl. The topological polar surface area (TPSA) is 118 Å². The molecular weight excluding hydrogens is 358 g/mol. The number of fused-ring (bicyclic) bond motifs is 1. The molecule has 1 saturated heterocycles. The lowest BCUT2D eigenvalue weighted by Gasteiger charge is -2.29. The van der Waals surface area contributed by atoms with Crippen LogP contribution >= 0.6 is 11.6 Å². The van der Waals surface area contributed by atoms with Crippen LogP contribution in [0.3, 0.4) is 0 Å². The zero-order chi connectivity index (χ0) is 18.4. The van der Waals surface area contributed by atoms with Gasteiger partial charge in [-0.2, -0.15) is 0 Å². The van der Waals surface area contributed by atoms with Crippen LogP contribution < -0.4 is 11.1 Å². The van der Waals surface area contributed by atoms with Gasteiger partial charge in [-0.15, -0.1) is 0 Å². The quantitative estimate of drug-likeness (QED) is 0.764. The molecule has 3 heterocycles. The van der Waals surface area contributed by atoms with Crippen LogP contribution in [0, 0.1) is 0 Å². The molecular formula is C17H14ClN5O3. The number of piperidine rings is 1. The molecule has 1 unspecified atom stereocenters. The summed E-state index contributed by atoms with van der Waals surface area (Å²) in [5.74, 6) is -0.812. The Hall–Kier alpha value is -3.00. The molecule has 26 heavy (non-hydrogen) atoms. The molecule has 1 aromatic heterocycles. The second-order valence-electron chi connectivity index (χ2n) is 6.20. The van der Waals surface area contributed by atoms with Crippen molar-refractivity contribution in [3.05, 3.63) is 40.7 Å². The van der Waals surface area contributed by atoms with Gasteiger partial charge >= 0.3 is 0 Å². The van der Waals surface area contributed by atoms with E-state index in [0.717, 1.165) is 11.1 Å². The number of nitrogens with two attached hydrogens (primary N) is 1. The summed E-state index contributed by atoms with van der Waals surface area (Å²) >= 11 is 5.92. The minimum atomic E-state index is -0.637. The average Bonchev–Trinajstić information content (AvgIpc) is 2.93. The first-order valence-corrected chi connectivity index (χ1v) is 8.38. The number of nitrogens with one attached hydrogen (secondary N) is 1. The molecule has 132 valence electrons. The fourth-order valence-corrected chi connectivity index (χ4v) is 3.39. The van der Waals surface area contributed by atoms with Crippen molar-refractivity contribution >= 4 is 35.1 Å². The van der Waals surface area contributed by atoms with Crippen LogP contribution in [0.15, 0.2) is 24.4 Å². The number of nitrogens with zero attached hydrogens (tertiary/aromatic N) is 3. The van der Waals surface area contributed by atoms with Crippen LogP contribution in [-0.2, 0) is 16.1 Å². The van der Waals surface area contributed by atoms with E-state index in [1.165, 1.54) is 11.1 Å². The zero-order valence-corrected chi connectivity index (χ0v) is 14.3. The number of carbonyl (C=O) groups is 3. The molecule has 9 heteroatoms. The summed E-state index contributed by atoms with van der Waals surface area (Å²) in [6.45, 7) is 0.296. The number of hydrogen-bond acceptors (Lipinski definition) is 6. The van der Waals surface area contributed by atoms with Gasteiger partial charge in [0.05, 0.1) is 11.9 Å². The molecule has 0 spiro atoms. The number of benzene rings is 1. The molecule has 4 rings (SSSR count). The van der Waals surface area contributed by atoms with Crippen molar-refractivity contribution in [2.45, 2.75) is 25.4 Å². The summed E-state index contributed by atoms with van der Waals surface area (Å²) in [5, 5.41) is 2.40. The van der Waals surface area contributed by atoms with Crippen molar-refractivity contribution in [3.8, 4) is 11.3 Å². The van der Waals surface area contributed by atoms with Gasteiger partial charge in [0.15, 0.2) is 11.0 Å². The summed E-state index contributed by atoms with van der Waals surface area (Å²) in [6, 6.07) is 4.64. The maximum absolute atomic E-state index is 12.7. The molecule has 2 aliphatic heterocycles. The lowest BCUT2D eigenvalue weighted by atomic mass is 10.0. The van der Waals surface area contributed by atoms with E-state index in [0.29, 0.717) is 24.2 Å². The van der Waals surface area contributed by atoms with E-state index in [4.69, 9.17) is 17.3 Å². The highest BCUT2D eigenvalue weighted by Crippen LogP contribution is 2.31. The minimum absolute atomic E-state index is 0.115. The lowest BCUT2D eigenvalue weighted by Crippen LogP contribution is -2.52. The van der Waals surface area contributed by atoms with Crippen molar-refractivity contribution < 1.29 is 14.4 Å². The maximum atomic E-state index is 12.7. The number of halogens is 1. The van der Waals surface area contributed by atoms with E-state index in [-0.39, 0.29) is 29.2 Å². The van der Waals surface area contributed by atoms with E-state index in [1.54, 1.807) is 12.1 Å². The van der Waals surface area contributed by atoms with Crippen molar-refractivity contribution in [3.63, 3.8) is 0 Å². The lowest BCUT2D eigenvalue weighted by molar-refractivity contribution is -0.136. The molecule has 3 N–H and O–H groups in total. The number of carbonyl (C=O) groups excluding carboxylic acids is 3. The number of anilines is 1. The normalized spacial score (nSPS) is 19.5. The second kappa shape index (κ2) is 6.06. The fraction of sp³-hybridized carbons (Fsp3) is 0.235. The molecule has 0 saturated carbocycles. The highest BCUT2D eigenvalue weighted by Gasteiger charge is 2.39. The Balaban J connectivity index is 1.63. The first-order valence-electron chi connectivity index (χ1n) is 8.00. The number of imide groups is 1. The molecule has 3 amide bonds. The number of amides is 3. The Morgan fingerprint density at radius 1 is 1.27 bits per heavy atom. The zero-order valence-electron chi connectivity index (χ0n) is 13.5. The second-order valence-corrected chi connectivity index (χ2v) is 6.56. The highest BCUT2D eigenvalue weighted by molar-refractivity contribution is 6.31. The molecule has 1 atom stereocenters.